The molecule has 58 heavy (non-hydrogen) atoms. The standard InChI is InChI=1S/C29H35N5O2.C7H14N2O.C6H7ClN2O.C2H6/c1-4-34-29(36)28(31-20-35)19-27(32-34)24-10-8-9-23(17-24)26-16-21(2)15-25(18-26)22(3)30-11-14-33-12-6-5-7-13-33;10-7-8-3-6-9-4-1-2-5-9;1-8-6-4(7)2-9-3-5(6)10;1-2/h8-10,15-20,30H,3-7,11-14H2,1-2H3,(H,31,35);7H,1-6H2,(H,8,10);2-3,10H,1H3,(H,8,9);1-2H3. The number of nitrogens with one attached hydrogen (secondary N) is 4. The van der Waals surface area contributed by atoms with Gasteiger partial charge in [0.25, 0.3) is 5.56 Å². The number of hydrogen-bond donors (Lipinski definition) is 5. The van der Waals surface area contributed by atoms with Gasteiger partial charge in [-0.3, -0.25) is 19.4 Å². The minimum Gasteiger partial charge on any atom is -0.504 e. The number of aryl methyl sites for hydroxylation is 2. The Labute approximate surface area is 348 Å². The van der Waals surface area contributed by atoms with Crippen molar-refractivity contribution in [2.45, 2.75) is 66.3 Å². The fourth-order valence-electron chi connectivity index (χ4n) is 6.66. The number of likely N-dealkylation sites (tertiary alicyclic amines) is 2. The lowest BCUT2D eigenvalue weighted by atomic mass is 9.97. The van der Waals surface area contributed by atoms with Gasteiger partial charge >= 0.3 is 0 Å². The van der Waals surface area contributed by atoms with E-state index < -0.39 is 0 Å². The average Bonchev–Trinajstić information content (AvgIpc) is 3.77. The molecule has 2 aromatic heterocycles. The number of halogens is 1. The van der Waals surface area contributed by atoms with Crippen LogP contribution in [0, 0.1) is 6.92 Å². The van der Waals surface area contributed by atoms with Crippen LogP contribution < -0.4 is 26.8 Å². The number of piperidine rings is 1. The molecule has 2 aliphatic heterocycles. The second kappa shape index (κ2) is 25.9. The van der Waals surface area contributed by atoms with Gasteiger partial charge in [0.05, 0.1) is 22.6 Å². The Bertz CT molecular complexity index is 1920. The maximum absolute atomic E-state index is 12.4. The fourth-order valence-corrected chi connectivity index (χ4v) is 6.90. The summed E-state index contributed by atoms with van der Waals surface area (Å²) in [5.41, 5.74) is 7.17. The minimum absolute atomic E-state index is 0.0648. The van der Waals surface area contributed by atoms with Crippen molar-refractivity contribution in [2.24, 2.45) is 0 Å². The highest BCUT2D eigenvalue weighted by atomic mass is 35.5. The number of carbonyl (C=O) groups excluding carboxylic acids is 2. The van der Waals surface area contributed by atoms with Crippen molar-refractivity contribution in [3.05, 3.63) is 94.0 Å². The molecular weight excluding hydrogens is 754 g/mol. The van der Waals surface area contributed by atoms with Gasteiger partial charge in [-0.1, -0.05) is 62.7 Å². The van der Waals surface area contributed by atoms with Crippen LogP contribution in [-0.2, 0) is 16.1 Å². The Morgan fingerprint density at radius 1 is 0.879 bits per heavy atom. The molecule has 4 heterocycles. The van der Waals surface area contributed by atoms with Crippen LogP contribution in [0.4, 0.5) is 11.4 Å². The zero-order valence-corrected chi connectivity index (χ0v) is 35.6. The molecular formula is C44H62ClN9O4. The van der Waals surface area contributed by atoms with Crippen LogP contribution in [0.1, 0.15) is 64.0 Å². The lowest BCUT2D eigenvalue weighted by Crippen LogP contribution is -2.35. The molecule has 6 rings (SSSR count). The number of rotatable bonds is 15. The Kier molecular flexibility index (Phi) is 21.0. The zero-order valence-electron chi connectivity index (χ0n) is 34.8. The van der Waals surface area contributed by atoms with E-state index in [1.807, 2.05) is 32.9 Å². The molecule has 2 aromatic carbocycles. The maximum Gasteiger partial charge on any atom is 0.290 e. The summed E-state index contributed by atoms with van der Waals surface area (Å²) in [4.78, 5) is 41.8. The minimum atomic E-state index is -0.320. The highest BCUT2D eigenvalue weighted by molar-refractivity contribution is 6.33. The number of aromatic hydroxyl groups is 1. The summed E-state index contributed by atoms with van der Waals surface area (Å²) in [7, 11) is 1.68. The summed E-state index contributed by atoms with van der Waals surface area (Å²) >= 11 is 5.64. The lowest BCUT2D eigenvalue weighted by molar-refractivity contribution is -0.109. The van der Waals surface area contributed by atoms with E-state index in [0.29, 0.717) is 29.4 Å². The van der Waals surface area contributed by atoms with Gasteiger partial charge in [0.1, 0.15) is 5.69 Å². The normalized spacial score (nSPS) is 13.6. The van der Waals surface area contributed by atoms with Gasteiger partial charge in [0.15, 0.2) is 5.75 Å². The number of benzene rings is 2. The molecule has 0 spiro atoms. The van der Waals surface area contributed by atoms with Crippen LogP contribution in [0.5, 0.6) is 5.75 Å². The zero-order chi connectivity index (χ0) is 42.3. The molecule has 0 atom stereocenters. The molecule has 0 bridgehead atoms. The molecule has 2 aliphatic rings. The fraction of sp³-hybridized carbons (Fsp3) is 0.432. The lowest BCUT2D eigenvalue weighted by Gasteiger charge is -2.26. The molecule has 0 saturated carbocycles. The summed E-state index contributed by atoms with van der Waals surface area (Å²) in [6, 6.07) is 16.1. The highest BCUT2D eigenvalue weighted by Crippen LogP contribution is 2.30. The van der Waals surface area contributed by atoms with E-state index in [1.165, 1.54) is 75.4 Å². The molecule has 0 unspecified atom stereocenters. The summed E-state index contributed by atoms with van der Waals surface area (Å²) in [5.74, 6) is 0.0648. The largest absolute Gasteiger partial charge is 0.504 e. The molecule has 2 amide bonds. The Hall–Kier alpha value is -5.24. The first-order chi connectivity index (χ1) is 28.2. The first kappa shape index (κ1) is 47.1. The van der Waals surface area contributed by atoms with Gasteiger partial charge in [-0.2, -0.15) is 5.10 Å². The number of nitrogens with zero attached hydrogens (tertiary/aromatic N) is 5. The second-order valence-corrected chi connectivity index (χ2v) is 14.1. The van der Waals surface area contributed by atoms with Crippen LogP contribution in [0.3, 0.4) is 0 Å². The first-order valence-electron chi connectivity index (χ1n) is 20.3. The predicted octanol–water partition coefficient (Wildman–Crippen LogP) is 6.86. The second-order valence-electron chi connectivity index (χ2n) is 13.7. The third kappa shape index (κ3) is 14.9. The molecule has 5 N–H and O–H groups in total. The summed E-state index contributed by atoms with van der Waals surface area (Å²) in [5, 5.41) is 25.4. The van der Waals surface area contributed by atoms with Crippen molar-refractivity contribution in [1.82, 2.24) is 35.2 Å². The smallest absolute Gasteiger partial charge is 0.290 e. The molecule has 14 heteroatoms. The van der Waals surface area contributed by atoms with Gasteiger partial charge in [0.2, 0.25) is 12.8 Å². The van der Waals surface area contributed by atoms with Crippen LogP contribution in [0.15, 0.2) is 72.3 Å². The van der Waals surface area contributed by atoms with E-state index in [0.717, 1.165) is 66.1 Å². The van der Waals surface area contributed by atoms with Crippen LogP contribution >= 0.6 is 11.6 Å². The Morgan fingerprint density at radius 2 is 1.53 bits per heavy atom. The Morgan fingerprint density at radius 3 is 2.14 bits per heavy atom. The number of hydrogen-bond acceptors (Lipinski definition) is 10. The number of amides is 2. The third-order valence-electron chi connectivity index (χ3n) is 9.60. The van der Waals surface area contributed by atoms with Crippen LogP contribution in [0.2, 0.25) is 5.02 Å². The molecule has 4 aromatic rings. The van der Waals surface area contributed by atoms with E-state index in [4.69, 9.17) is 16.7 Å². The molecule has 2 fully saturated rings. The highest BCUT2D eigenvalue weighted by Gasteiger charge is 2.13. The third-order valence-corrected chi connectivity index (χ3v) is 9.89. The van der Waals surface area contributed by atoms with Gasteiger partial charge in [-0.25, -0.2) is 4.68 Å². The van der Waals surface area contributed by atoms with E-state index in [-0.39, 0.29) is 17.0 Å². The van der Waals surface area contributed by atoms with Gasteiger partial charge in [-0.05, 0) is 112 Å². The number of pyridine rings is 1. The van der Waals surface area contributed by atoms with Crippen molar-refractivity contribution in [3.63, 3.8) is 0 Å². The SMILES string of the molecule is C=C(NCCN1CCCCC1)c1cc(C)cc(-c2cccc(-c3cc(NC=O)c(=O)n(CC)n3)c2)c1.CC.CNc1c(O)cncc1Cl.O=CNCCN1CCCC1. The van der Waals surface area contributed by atoms with Crippen LogP contribution in [-0.4, -0.2) is 102 Å². The molecule has 13 nitrogen and oxygen atoms in total. The van der Waals surface area contributed by atoms with E-state index in [1.54, 1.807) is 13.1 Å². The number of carbonyl (C=O) groups is 2. The summed E-state index contributed by atoms with van der Waals surface area (Å²) in [6.07, 6.45) is 10.7. The van der Waals surface area contributed by atoms with Crippen molar-refractivity contribution < 1.29 is 14.7 Å². The van der Waals surface area contributed by atoms with Crippen molar-refractivity contribution >= 4 is 41.5 Å². The first-order valence-corrected chi connectivity index (χ1v) is 20.6. The number of anilines is 2. The summed E-state index contributed by atoms with van der Waals surface area (Å²) < 4.78 is 1.36. The maximum atomic E-state index is 12.4. The number of aromatic nitrogens is 3. The predicted molar refractivity (Wildman–Crippen MR) is 238 cm³/mol. The van der Waals surface area contributed by atoms with Crippen molar-refractivity contribution in [1.29, 1.82) is 0 Å². The quantitative estimate of drug-likeness (QED) is 0.0635. The van der Waals surface area contributed by atoms with Crippen LogP contribution in [0.25, 0.3) is 28.1 Å². The summed E-state index contributed by atoms with van der Waals surface area (Å²) in [6.45, 7) is 21.2. The molecule has 0 radical (unpaired) electrons. The van der Waals surface area contributed by atoms with Gasteiger partial charge < -0.3 is 36.2 Å². The molecule has 314 valence electrons. The topological polar surface area (TPSA) is 157 Å². The molecule has 0 aliphatic carbocycles. The van der Waals surface area contributed by atoms with E-state index in [2.05, 4.69) is 85.0 Å². The molecule has 2 saturated heterocycles. The van der Waals surface area contributed by atoms with Gasteiger partial charge in [0, 0.05) is 57.2 Å². The van der Waals surface area contributed by atoms with Crippen molar-refractivity contribution in [2.75, 3.05) is 70.0 Å². The van der Waals surface area contributed by atoms with Crippen molar-refractivity contribution in [3.8, 4) is 28.1 Å². The average molecular weight is 816 g/mol. The van der Waals surface area contributed by atoms with E-state index in [9.17, 15) is 14.4 Å². The monoisotopic (exact) mass is 815 g/mol. The van der Waals surface area contributed by atoms with E-state index >= 15 is 0 Å². The van der Waals surface area contributed by atoms with Gasteiger partial charge in [-0.15, -0.1) is 0 Å². The Balaban J connectivity index is 0.000000331.